The van der Waals surface area contributed by atoms with E-state index >= 15 is 0 Å². The molecule has 1 fully saturated rings. The Hall–Kier alpha value is -1.22. The van der Waals surface area contributed by atoms with E-state index in [1.807, 2.05) is 18.2 Å². The van der Waals surface area contributed by atoms with E-state index in [0.717, 1.165) is 22.9 Å². The van der Waals surface area contributed by atoms with E-state index in [1.54, 1.807) is 7.11 Å². The zero-order chi connectivity index (χ0) is 13.0. The molecule has 0 bridgehead atoms. The number of methoxy groups -OCH3 is 1. The van der Waals surface area contributed by atoms with E-state index in [0.29, 0.717) is 12.7 Å². The molecule has 0 aromatic heterocycles. The van der Waals surface area contributed by atoms with Gasteiger partial charge in [0.1, 0.15) is 5.75 Å². The standard InChI is InChI=1S/C15H23NO2/c1-11-3-7-14(8-4-11)18-10-12-5-6-13(16)9-15(12)17-2/h5-6,9,11,14H,3-4,7-8,10,16H2,1-2H3. The Morgan fingerprint density at radius 3 is 2.61 bits per heavy atom. The number of nitrogen functional groups attached to an aromatic ring is 1. The second kappa shape index (κ2) is 6.10. The molecule has 100 valence electrons. The first kappa shape index (κ1) is 13.2. The Kier molecular flexibility index (Phi) is 4.48. The fraction of sp³-hybridized carbons (Fsp3) is 0.600. The fourth-order valence-electron chi connectivity index (χ4n) is 2.48. The van der Waals surface area contributed by atoms with Crippen LogP contribution in [0.5, 0.6) is 5.75 Å². The van der Waals surface area contributed by atoms with Gasteiger partial charge < -0.3 is 15.2 Å². The molecule has 0 radical (unpaired) electrons. The predicted octanol–water partition coefficient (Wildman–Crippen LogP) is 3.37. The molecular formula is C15H23NO2. The topological polar surface area (TPSA) is 44.5 Å². The maximum Gasteiger partial charge on any atom is 0.126 e. The first-order valence-corrected chi connectivity index (χ1v) is 6.73. The third kappa shape index (κ3) is 3.39. The van der Waals surface area contributed by atoms with Crippen LogP contribution in [0.3, 0.4) is 0 Å². The Bertz CT molecular complexity index is 384. The van der Waals surface area contributed by atoms with E-state index in [4.69, 9.17) is 15.2 Å². The average molecular weight is 249 g/mol. The molecule has 0 saturated heterocycles. The molecule has 1 aliphatic carbocycles. The maximum atomic E-state index is 5.98. The van der Waals surface area contributed by atoms with Gasteiger partial charge in [0, 0.05) is 17.3 Å². The molecule has 0 amide bonds. The minimum atomic E-state index is 0.406. The fourth-order valence-corrected chi connectivity index (χ4v) is 2.48. The highest BCUT2D eigenvalue weighted by molar-refractivity contribution is 5.48. The number of anilines is 1. The van der Waals surface area contributed by atoms with Crippen LogP contribution in [-0.2, 0) is 11.3 Å². The molecule has 1 aliphatic rings. The lowest BCUT2D eigenvalue weighted by Gasteiger charge is -2.26. The molecule has 3 nitrogen and oxygen atoms in total. The van der Waals surface area contributed by atoms with Crippen molar-refractivity contribution in [1.82, 2.24) is 0 Å². The van der Waals surface area contributed by atoms with E-state index in [1.165, 1.54) is 25.7 Å². The van der Waals surface area contributed by atoms with E-state index < -0.39 is 0 Å². The highest BCUT2D eigenvalue weighted by atomic mass is 16.5. The van der Waals surface area contributed by atoms with Gasteiger partial charge in [0.2, 0.25) is 0 Å². The lowest BCUT2D eigenvalue weighted by atomic mass is 9.89. The third-order valence-corrected chi connectivity index (χ3v) is 3.75. The summed E-state index contributed by atoms with van der Waals surface area (Å²) in [7, 11) is 1.67. The molecule has 1 aromatic carbocycles. The quantitative estimate of drug-likeness (QED) is 0.832. The van der Waals surface area contributed by atoms with Gasteiger partial charge in [0.25, 0.3) is 0 Å². The predicted molar refractivity (Wildman–Crippen MR) is 73.6 cm³/mol. The number of benzene rings is 1. The minimum Gasteiger partial charge on any atom is -0.496 e. The largest absolute Gasteiger partial charge is 0.496 e. The Morgan fingerprint density at radius 2 is 1.94 bits per heavy atom. The molecule has 3 heteroatoms. The number of ether oxygens (including phenoxy) is 2. The molecule has 2 rings (SSSR count). The van der Waals surface area contributed by atoms with Gasteiger partial charge in [-0.15, -0.1) is 0 Å². The summed E-state index contributed by atoms with van der Waals surface area (Å²) in [5.41, 5.74) is 7.54. The normalized spacial score (nSPS) is 23.9. The van der Waals surface area contributed by atoms with Gasteiger partial charge in [0.15, 0.2) is 0 Å². The van der Waals surface area contributed by atoms with Crippen molar-refractivity contribution in [1.29, 1.82) is 0 Å². The summed E-state index contributed by atoms with van der Waals surface area (Å²) in [5.74, 6) is 1.68. The molecule has 0 spiro atoms. The van der Waals surface area contributed by atoms with Crippen molar-refractivity contribution in [2.75, 3.05) is 12.8 Å². The van der Waals surface area contributed by atoms with Crippen LogP contribution in [0.25, 0.3) is 0 Å². The van der Waals surface area contributed by atoms with Gasteiger partial charge in [-0.1, -0.05) is 13.0 Å². The molecule has 0 atom stereocenters. The lowest BCUT2D eigenvalue weighted by Crippen LogP contribution is -2.20. The van der Waals surface area contributed by atoms with Gasteiger partial charge in [-0.05, 0) is 37.7 Å². The third-order valence-electron chi connectivity index (χ3n) is 3.75. The second-order valence-corrected chi connectivity index (χ2v) is 5.26. The van der Waals surface area contributed by atoms with Crippen LogP contribution >= 0.6 is 0 Å². The zero-order valence-electron chi connectivity index (χ0n) is 11.3. The van der Waals surface area contributed by atoms with Crippen LogP contribution in [-0.4, -0.2) is 13.2 Å². The van der Waals surface area contributed by atoms with Crippen LogP contribution in [0.1, 0.15) is 38.2 Å². The van der Waals surface area contributed by atoms with Crippen molar-refractivity contribution >= 4 is 5.69 Å². The SMILES string of the molecule is COc1cc(N)ccc1COC1CCC(C)CC1. The molecule has 2 N–H and O–H groups in total. The summed E-state index contributed by atoms with van der Waals surface area (Å²) >= 11 is 0. The average Bonchev–Trinajstić information content (AvgIpc) is 2.39. The first-order valence-electron chi connectivity index (χ1n) is 6.73. The van der Waals surface area contributed by atoms with Gasteiger partial charge in [-0.3, -0.25) is 0 Å². The summed E-state index contributed by atoms with van der Waals surface area (Å²) < 4.78 is 11.3. The van der Waals surface area contributed by atoms with E-state index in [2.05, 4.69) is 6.92 Å². The van der Waals surface area contributed by atoms with Crippen LogP contribution in [0.2, 0.25) is 0 Å². The van der Waals surface area contributed by atoms with Crippen molar-refractivity contribution in [3.8, 4) is 5.75 Å². The molecule has 0 unspecified atom stereocenters. The molecule has 18 heavy (non-hydrogen) atoms. The van der Waals surface area contributed by atoms with Crippen molar-refractivity contribution in [2.24, 2.45) is 5.92 Å². The van der Waals surface area contributed by atoms with E-state index in [9.17, 15) is 0 Å². The summed E-state index contributed by atoms with van der Waals surface area (Å²) in [6.07, 6.45) is 5.33. The number of hydrogen-bond acceptors (Lipinski definition) is 3. The number of nitrogens with two attached hydrogens (primary N) is 1. The van der Waals surface area contributed by atoms with Crippen LogP contribution < -0.4 is 10.5 Å². The smallest absolute Gasteiger partial charge is 0.126 e. The second-order valence-electron chi connectivity index (χ2n) is 5.26. The maximum absolute atomic E-state index is 5.98. The van der Waals surface area contributed by atoms with Gasteiger partial charge >= 0.3 is 0 Å². The zero-order valence-corrected chi connectivity index (χ0v) is 11.3. The summed E-state index contributed by atoms with van der Waals surface area (Å²) in [5, 5.41) is 0. The van der Waals surface area contributed by atoms with Gasteiger partial charge in [0.05, 0.1) is 19.8 Å². The summed E-state index contributed by atoms with van der Waals surface area (Å²) in [6.45, 7) is 2.93. The van der Waals surface area contributed by atoms with Gasteiger partial charge in [-0.25, -0.2) is 0 Å². The Morgan fingerprint density at radius 1 is 1.22 bits per heavy atom. The van der Waals surface area contributed by atoms with Crippen molar-refractivity contribution in [2.45, 2.75) is 45.3 Å². The van der Waals surface area contributed by atoms with Crippen molar-refractivity contribution in [3.63, 3.8) is 0 Å². The molecule has 0 heterocycles. The summed E-state index contributed by atoms with van der Waals surface area (Å²) in [6, 6.07) is 5.73. The van der Waals surface area contributed by atoms with Gasteiger partial charge in [-0.2, -0.15) is 0 Å². The van der Waals surface area contributed by atoms with Crippen molar-refractivity contribution < 1.29 is 9.47 Å². The van der Waals surface area contributed by atoms with Crippen molar-refractivity contribution in [3.05, 3.63) is 23.8 Å². The van der Waals surface area contributed by atoms with Crippen LogP contribution in [0.15, 0.2) is 18.2 Å². The highest BCUT2D eigenvalue weighted by Gasteiger charge is 2.19. The minimum absolute atomic E-state index is 0.406. The Labute approximate surface area is 109 Å². The Balaban J connectivity index is 1.90. The van der Waals surface area contributed by atoms with E-state index in [-0.39, 0.29) is 0 Å². The first-order chi connectivity index (χ1) is 8.69. The highest BCUT2D eigenvalue weighted by Crippen LogP contribution is 2.28. The monoisotopic (exact) mass is 249 g/mol. The van der Waals surface area contributed by atoms with Crippen LogP contribution in [0.4, 0.5) is 5.69 Å². The molecular weight excluding hydrogens is 226 g/mol. The summed E-state index contributed by atoms with van der Waals surface area (Å²) in [4.78, 5) is 0. The number of hydrogen-bond donors (Lipinski definition) is 1. The molecule has 1 aromatic rings. The molecule has 1 saturated carbocycles. The lowest BCUT2D eigenvalue weighted by molar-refractivity contribution is 0.00803. The molecule has 0 aliphatic heterocycles. The number of rotatable bonds is 4. The van der Waals surface area contributed by atoms with Crippen LogP contribution in [0, 0.1) is 5.92 Å².